The van der Waals surface area contributed by atoms with Gasteiger partial charge in [-0.25, -0.2) is 4.68 Å². The van der Waals surface area contributed by atoms with Gasteiger partial charge in [-0.1, -0.05) is 48.5 Å². The Bertz CT molecular complexity index is 1220. The van der Waals surface area contributed by atoms with Gasteiger partial charge in [-0.05, 0) is 48.4 Å². The molecule has 4 aromatic rings. The fourth-order valence-corrected chi connectivity index (χ4v) is 3.43. The van der Waals surface area contributed by atoms with E-state index in [0.717, 1.165) is 11.3 Å². The summed E-state index contributed by atoms with van der Waals surface area (Å²) >= 11 is 0. The third-order valence-corrected chi connectivity index (χ3v) is 5.22. The first-order valence-electron chi connectivity index (χ1n) is 10.9. The second-order valence-corrected chi connectivity index (χ2v) is 7.63. The minimum absolute atomic E-state index is 0.125. The maximum Gasteiger partial charge on any atom is 0.307 e. The summed E-state index contributed by atoms with van der Waals surface area (Å²) in [5.41, 5.74) is 3.02. The van der Waals surface area contributed by atoms with Crippen molar-refractivity contribution >= 4 is 17.6 Å². The number of para-hydroxylation sites is 1. The van der Waals surface area contributed by atoms with Crippen LogP contribution >= 0.6 is 0 Å². The summed E-state index contributed by atoms with van der Waals surface area (Å²) in [6.45, 7) is 0. The quantitative estimate of drug-likeness (QED) is 0.369. The van der Waals surface area contributed by atoms with Gasteiger partial charge in [-0.2, -0.15) is 5.10 Å². The normalized spacial score (nSPS) is 11.4. The van der Waals surface area contributed by atoms with Crippen molar-refractivity contribution in [1.82, 2.24) is 9.78 Å². The molecule has 0 saturated carbocycles. The molecule has 3 aromatic carbocycles. The molecule has 34 heavy (non-hydrogen) atoms. The van der Waals surface area contributed by atoms with Crippen LogP contribution in [0.2, 0.25) is 0 Å². The first-order chi connectivity index (χ1) is 16.6. The summed E-state index contributed by atoms with van der Waals surface area (Å²) in [6, 6.07) is 25.6. The standard InChI is InChI=1S/C27H25N3O4/c1-33-24-15-13-22(14-16-24)29-27(32)26(21-8-4-2-5-9-21)34-25(31)17-12-20-18-28-30(19-20)23-10-6-3-7-11-23/h2-11,13-16,18-19,26H,12,17H2,1H3,(H,29,32). The topological polar surface area (TPSA) is 82.4 Å². The van der Waals surface area contributed by atoms with Gasteiger partial charge in [0.05, 0.1) is 19.0 Å². The largest absolute Gasteiger partial charge is 0.497 e. The molecule has 0 fully saturated rings. The van der Waals surface area contributed by atoms with Gasteiger partial charge >= 0.3 is 5.97 Å². The molecule has 1 atom stereocenters. The number of esters is 1. The number of aryl methyl sites for hydroxylation is 1. The van der Waals surface area contributed by atoms with Crippen molar-refractivity contribution in [3.63, 3.8) is 0 Å². The number of nitrogens with one attached hydrogen (secondary N) is 1. The van der Waals surface area contributed by atoms with E-state index < -0.39 is 18.0 Å². The number of methoxy groups -OCH3 is 1. The average molecular weight is 456 g/mol. The number of amides is 1. The van der Waals surface area contributed by atoms with Crippen LogP contribution in [0.3, 0.4) is 0 Å². The molecular weight excluding hydrogens is 430 g/mol. The highest BCUT2D eigenvalue weighted by atomic mass is 16.5. The summed E-state index contributed by atoms with van der Waals surface area (Å²) < 4.78 is 12.5. The average Bonchev–Trinajstić information content (AvgIpc) is 3.37. The van der Waals surface area contributed by atoms with Crippen molar-refractivity contribution in [2.75, 3.05) is 12.4 Å². The summed E-state index contributed by atoms with van der Waals surface area (Å²) in [5.74, 6) is -0.215. The summed E-state index contributed by atoms with van der Waals surface area (Å²) in [5, 5.41) is 7.16. The first-order valence-corrected chi connectivity index (χ1v) is 10.9. The lowest BCUT2D eigenvalue weighted by Gasteiger charge is -2.18. The number of anilines is 1. The maximum atomic E-state index is 13.0. The van der Waals surface area contributed by atoms with E-state index in [4.69, 9.17) is 9.47 Å². The Labute approximate surface area is 197 Å². The monoisotopic (exact) mass is 455 g/mol. The number of rotatable bonds is 9. The second-order valence-electron chi connectivity index (χ2n) is 7.63. The van der Waals surface area contributed by atoms with Gasteiger partial charge in [-0.3, -0.25) is 9.59 Å². The number of carbonyl (C=O) groups excluding carboxylic acids is 2. The van der Waals surface area contributed by atoms with Crippen LogP contribution in [0.5, 0.6) is 5.75 Å². The van der Waals surface area contributed by atoms with Crippen LogP contribution in [-0.4, -0.2) is 28.8 Å². The van der Waals surface area contributed by atoms with Crippen molar-refractivity contribution in [2.45, 2.75) is 18.9 Å². The molecule has 1 amide bonds. The smallest absolute Gasteiger partial charge is 0.307 e. The van der Waals surface area contributed by atoms with E-state index in [1.165, 1.54) is 0 Å². The van der Waals surface area contributed by atoms with Crippen molar-refractivity contribution in [2.24, 2.45) is 0 Å². The molecule has 1 aromatic heterocycles. The van der Waals surface area contributed by atoms with Gasteiger partial charge in [0.25, 0.3) is 5.91 Å². The molecule has 0 bridgehead atoms. The van der Waals surface area contributed by atoms with Crippen molar-refractivity contribution in [3.8, 4) is 11.4 Å². The number of hydrogen-bond donors (Lipinski definition) is 1. The Morgan fingerprint density at radius 1 is 0.941 bits per heavy atom. The van der Waals surface area contributed by atoms with Gasteiger partial charge in [0.15, 0.2) is 0 Å². The zero-order chi connectivity index (χ0) is 23.8. The van der Waals surface area contributed by atoms with Crippen LogP contribution in [0.4, 0.5) is 5.69 Å². The fourth-order valence-electron chi connectivity index (χ4n) is 3.43. The fraction of sp³-hybridized carbons (Fsp3) is 0.148. The lowest BCUT2D eigenvalue weighted by atomic mass is 10.1. The number of nitrogens with zero attached hydrogens (tertiary/aromatic N) is 2. The zero-order valence-electron chi connectivity index (χ0n) is 18.8. The molecule has 0 aliphatic rings. The molecule has 0 saturated heterocycles. The molecule has 1 unspecified atom stereocenters. The molecular formula is C27H25N3O4. The first kappa shape index (κ1) is 22.8. The van der Waals surface area contributed by atoms with Crippen LogP contribution in [0, 0.1) is 0 Å². The molecule has 7 nitrogen and oxygen atoms in total. The molecule has 172 valence electrons. The molecule has 0 aliphatic carbocycles. The SMILES string of the molecule is COc1ccc(NC(=O)C(OC(=O)CCc2cnn(-c3ccccc3)c2)c2ccccc2)cc1. The van der Waals surface area contributed by atoms with Crippen molar-refractivity contribution < 1.29 is 19.1 Å². The van der Waals surface area contributed by atoms with Crippen LogP contribution in [0.15, 0.2) is 97.3 Å². The predicted octanol–water partition coefficient (Wildman–Crippen LogP) is 4.74. The van der Waals surface area contributed by atoms with Crippen molar-refractivity contribution in [3.05, 3.63) is 108 Å². The van der Waals surface area contributed by atoms with E-state index in [1.54, 1.807) is 66.5 Å². The van der Waals surface area contributed by atoms with E-state index >= 15 is 0 Å². The van der Waals surface area contributed by atoms with E-state index in [-0.39, 0.29) is 6.42 Å². The molecule has 7 heteroatoms. The highest BCUT2D eigenvalue weighted by Crippen LogP contribution is 2.22. The van der Waals surface area contributed by atoms with Gasteiger partial charge in [0, 0.05) is 23.9 Å². The lowest BCUT2D eigenvalue weighted by molar-refractivity contribution is -0.154. The Hall–Kier alpha value is -4.39. The second kappa shape index (κ2) is 11.0. The highest BCUT2D eigenvalue weighted by Gasteiger charge is 2.25. The Morgan fingerprint density at radius 2 is 1.62 bits per heavy atom. The van der Waals surface area contributed by atoms with Gasteiger partial charge < -0.3 is 14.8 Å². The minimum atomic E-state index is -1.07. The lowest BCUT2D eigenvalue weighted by Crippen LogP contribution is -2.26. The summed E-state index contributed by atoms with van der Waals surface area (Å²) in [6.07, 6.45) is 3.12. The number of aromatic nitrogens is 2. The highest BCUT2D eigenvalue weighted by molar-refractivity contribution is 5.96. The molecule has 1 N–H and O–H groups in total. The summed E-state index contributed by atoms with van der Waals surface area (Å²) in [4.78, 5) is 25.7. The van der Waals surface area contributed by atoms with E-state index in [1.807, 2.05) is 42.6 Å². The van der Waals surface area contributed by atoms with Crippen LogP contribution in [0.1, 0.15) is 23.7 Å². The van der Waals surface area contributed by atoms with Gasteiger partial charge in [-0.15, -0.1) is 0 Å². The van der Waals surface area contributed by atoms with Crippen LogP contribution in [0.25, 0.3) is 5.69 Å². The number of ether oxygens (including phenoxy) is 2. The van der Waals surface area contributed by atoms with Crippen molar-refractivity contribution in [1.29, 1.82) is 0 Å². The van der Waals surface area contributed by atoms with Gasteiger partial charge in [0.2, 0.25) is 6.10 Å². The van der Waals surface area contributed by atoms with E-state index in [0.29, 0.717) is 23.4 Å². The molecule has 0 radical (unpaired) electrons. The van der Waals surface area contributed by atoms with Crippen LogP contribution in [-0.2, 0) is 20.7 Å². The third-order valence-electron chi connectivity index (χ3n) is 5.22. The van der Waals surface area contributed by atoms with Crippen LogP contribution < -0.4 is 10.1 Å². The zero-order valence-corrected chi connectivity index (χ0v) is 18.8. The Morgan fingerprint density at radius 3 is 2.29 bits per heavy atom. The maximum absolute atomic E-state index is 13.0. The summed E-state index contributed by atoms with van der Waals surface area (Å²) in [7, 11) is 1.57. The molecule has 1 heterocycles. The minimum Gasteiger partial charge on any atom is -0.497 e. The number of carbonyl (C=O) groups is 2. The van der Waals surface area contributed by atoms with Gasteiger partial charge in [0.1, 0.15) is 5.75 Å². The van der Waals surface area contributed by atoms with E-state index in [9.17, 15) is 9.59 Å². The predicted molar refractivity (Wildman–Crippen MR) is 129 cm³/mol. The Kier molecular flexibility index (Phi) is 7.35. The molecule has 4 rings (SSSR count). The third kappa shape index (κ3) is 5.89. The Balaban J connectivity index is 1.40. The number of benzene rings is 3. The van der Waals surface area contributed by atoms with E-state index in [2.05, 4.69) is 10.4 Å². The number of hydrogen-bond acceptors (Lipinski definition) is 5. The molecule has 0 spiro atoms. The molecule has 0 aliphatic heterocycles.